The van der Waals surface area contributed by atoms with Gasteiger partial charge in [-0.1, -0.05) is 24.3 Å². The standard InChI is InChI=1S/C23H33N3O2/c1-16(2)25-22(28)26-11-9-23(10-12-26)14-18(19-5-3-4-6-20(19)23)13-21(27)24-15-17-7-8-17/h3-6,16-18H,7-15H2,1-2H3,(H,24,27)(H,25,28). The van der Waals surface area contributed by atoms with E-state index in [9.17, 15) is 9.59 Å². The van der Waals surface area contributed by atoms with Gasteiger partial charge in [-0.05, 0) is 74.3 Å². The molecule has 28 heavy (non-hydrogen) atoms. The van der Waals surface area contributed by atoms with Crippen molar-refractivity contribution in [3.8, 4) is 0 Å². The summed E-state index contributed by atoms with van der Waals surface area (Å²) in [4.78, 5) is 26.8. The number of nitrogens with one attached hydrogen (secondary N) is 2. The van der Waals surface area contributed by atoms with Crippen LogP contribution in [0.4, 0.5) is 4.79 Å². The first-order chi connectivity index (χ1) is 13.5. The lowest BCUT2D eigenvalue weighted by Crippen LogP contribution is -2.49. The van der Waals surface area contributed by atoms with Crippen molar-refractivity contribution in [3.05, 3.63) is 35.4 Å². The highest BCUT2D eigenvalue weighted by Gasteiger charge is 2.46. The molecule has 1 heterocycles. The molecule has 1 aromatic carbocycles. The first-order valence-electron chi connectivity index (χ1n) is 10.9. The number of nitrogens with zero attached hydrogens (tertiary/aromatic N) is 1. The number of rotatable bonds is 5. The predicted octanol–water partition coefficient (Wildman–Crippen LogP) is 3.54. The fourth-order valence-electron chi connectivity index (χ4n) is 5.04. The SMILES string of the molecule is CC(C)NC(=O)N1CCC2(CC1)CC(CC(=O)NCC1CC1)c1ccccc12. The summed E-state index contributed by atoms with van der Waals surface area (Å²) in [6, 6.07) is 8.88. The molecule has 152 valence electrons. The summed E-state index contributed by atoms with van der Waals surface area (Å²) in [5, 5.41) is 6.14. The minimum Gasteiger partial charge on any atom is -0.356 e. The van der Waals surface area contributed by atoms with E-state index in [2.05, 4.69) is 34.9 Å². The number of likely N-dealkylation sites (tertiary alicyclic amines) is 1. The second kappa shape index (κ2) is 7.76. The zero-order valence-electron chi connectivity index (χ0n) is 17.2. The maximum absolute atomic E-state index is 12.5. The Kier molecular flexibility index (Phi) is 5.35. The van der Waals surface area contributed by atoms with Crippen LogP contribution in [0.25, 0.3) is 0 Å². The number of hydrogen-bond acceptors (Lipinski definition) is 2. The Morgan fingerprint density at radius 3 is 2.57 bits per heavy atom. The summed E-state index contributed by atoms with van der Waals surface area (Å²) in [5.41, 5.74) is 2.88. The zero-order valence-corrected chi connectivity index (χ0v) is 17.2. The number of amides is 3. The van der Waals surface area contributed by atoms with E-state index in [1.807, 2.05) is 18.7 Å². The van der Waals surface area contributed by atoms with Crippen molar-refractivity contribution in [1.29, 1.82) is 0 Å². The van der Waals surface area contributed by atoms with E-state index in [0.717, 1.165) is 38.9 Å². The number of carbonyl (C=O) groups excluding carboxylic acids is 2. The van der Waals surface area contributed by atoms with Gasteiger partial charge in [0.2, 0.25) is 5.91 Å². The lowest BCUT2D eigenvalue weighted by atomic mass is 9.73. The van der Waals surface area contributed by atoms with Crippen LogP contribution < -0.4 is 10.6 Å². The molecule has 1 spiro atoms. The van der Waals surface area contributed by atoms with Gasteiger partial charge in [0.05, 0.1) is 0 Å². The molecule has 2 aliphatic carbocycles. The Hall–Kier alpha value is -2.04. The minimum absolute atomic E-state index is 0.0483. The van der Waals surface area contributed by atoms with Crippen LogP contribution in [0.5, 0.6) is 0 Å². The molecule has 2 N–H and O–H groups in total. The highest BCUT2D eigenvalue weighted by Crippen LogP contribution is 2.52. The molecule has 0 radical (unpaired) electrons. The average Bonchev–Trinajstić information content (AvgIpc) is 3.46. The fraction of sp³-hybridized carbons (Fsp3) is 0.652. The van der Waals surface area contributed by atoms with Gasteiger partial charge in [-0.15, -0.1) is 0 Å². The second-order valence-electron chi connectivity index (χ2n) is 9.31. The first kappa shape index (κ1) is 19.3. The van der Waals surface area contributed by atoms with Gasteiger partial charge in [-0.25, -0.2) is 4.79 Å². The van der Waals surface area contributed by atoms with E-state index >= 15 is 0 Å². The molecular formula is C23H33N3O2. The van der Waals surface area contributed by atoms with Crippen LogP contribution in [0.2, 0.25) is 0 Å². The van der Waals surface area contributed by atoms with Gasteiger partial charge in [0.15, 0.2) is 0 Å². The summed E-state index contributed by atoms with van der Waals surface area (Å²) in [6.45, 7) is 6.41. The fourth-order valence-corrected chi connectivity index (χ4v) is 5.04. The quantitative estimate of drug-likeness (QED) is 0.817. The van der Waals surface area contributed by atoms with Crippen molar-refractivity contribution in [2.24, 2.45) is 5.92 Å². The Balaban J connectivity index is 1.42. The number of fused-ring (bicyclic) bond motifs is 2. The van der Waals surface area contributed by atoms with E-state index in [1.165, 1.54) is 24.0 Å². The van der Waals surface area contributed by atoms with Gasteiger partial charge < -0.3 is 15.5 Å². The molecule has 1 unspecified atom stereocenters. The Labute approximate surface area is 168 Å². The lowest BCUT2D eigenvalue weighted by Gasteiger charge is -2.40. The summed E-state index contributed by atoms with van der Waals surface area (Å²) in [6.07, 6.45) is 6.10. The minimum atomic E-state index is 0.0483. The second-order valence-corrected chi connectivity index (χ2v) is 9.31. The van der Waals surface area contributed by atoms with E-state index in [-0.39, 0.29) is 23.4 Å². The van der Waals surface area contributed by atoms with Gasteiger partial charge in [0, 0.05) is 32.1 Å². The van der Waals surface area contributed by atoms with Crippen molar-refractivity contribution >= 4 is 11.9 Å². The maximum Gasteiger partial charge on any atom is 0.317 e. The third kappa shape index (κ3) is 4.03. The number of carbonyl (C=O) groups is 2. The highest BCUT2D eigenvalue weighted by molar-refractivity contribution is 5.77. The van der Waals surface area contributed by atoms with Crippen LogP contribution in [0.3, 0.4) is 0 Å². The maximum atomic E-state index is 12.5. The monoisotopic (exact) mass is 383 g/mol. The van der Waals surface area contributed by atoms with E-state index < -0.39 is 0 Å². The van der Waals surface area contributed by atoms with Crippen molar-refractivity contribution in [2.75, 3.05) is 19.6 Å². The van der Waals surface area contributed by atoms with Crippen LogP contribution in [0.1, 0.15) is 69.4 Å². The molecule has 3 aliphatic rings. The summed E-state index contributed by atoms with van der Waals surface area (Å²) in [7, 11) is 0. The topological polar surface area (TPSA) is 61.4 Å². The number of urea groups is 1. The van der Waals surface area contributed by atoms with E-state index in [4.69, 9.17) is 0 Å². The van der Waals surface area contributed by atoms with Crippen LogP contribution in [0, 0.1) is 5.92 Å². The predicted molar refractivity (Wildman–Crippen MR) is 110 cm³/mol. The number of benzene rings is 1. The van der Waals surface area contributed by atoms with Crippen LogP contribution in [-0.2, 0) is 10.2 Å². The van der Waals surface area contributed by atoms with Gasteiger partial charge >= 0.3 is 6.03 Å². The molecular weight excluding hydrogens is 350 g/mol. The third-order valence-corrected chi connectivity index (χ3v) is 6.75. The molecule has 1 saturated heterocycles. The van der Waals surface area contributed by atoms with Gasteiger partial charge in [0.25, 0.3) is 0 Å². The molecule has 2 fully saturated rings. The summed E-state index contributed by atoms with van der Waals surface area (Å²) < 4.78 is 0. The molecule has 3 amide bonds. The summed E-state index contributed by atoms with van der Waals surface area (Å²) in [5.74, 6) is 1.21. The average molecular weight is 384 g/mol. The lowest BCUT2D eigenvalue weighted by molar-refractivity contribution is -0.121. The van der Waals surface area contributed by atoms with Crippen molar-refractivity contribution in [2.45, 2.75) is 69.7 Å². The van der Waals surface area contributed by atoms with Gasteiger partial charge in [-0.2, -0.15) is 0 Å². The molecule has 4 rings (SSSR count). The molecule has 1 saturated carbocycles. The summed E-state index contributed by atoms with van der Waals surface area (Å²) >= 11 is 0. The molecule has 0 bridgehead atoms. The Bertz CT molecular complexity index is 733. The van der Waals surface area contributed by atoms with Crippen molar-refractivity contribution in [1.82, 2.24) is 15.5 Å². The molecule has 1 atom stereocenters. The van der Waals surface area contributed by atoms with Crippen LogP contribution in [0.15, 0.2) is 24.3 Å². The number of hydrogen-bond donors (Lipinski definition) is 2. The Morgan fingerprint density at radius 1 is 1.18 bits per heavy atom. The highest BCUT2D eigenvalue weighted by atomic mass is 16.2. The van der Waals surface area contributed by atoms with E-state index in [1.54, 1.807) is 0 Å². The first-order valence-corrected chi connectivity index (χ1v) is 10.9. The largest absolute Gasteiger partial charge is 0.356 e. The molecule has 1 aliphatic heterocycles. The number of piperidine rings is 1. The van der Waals surface area contributed by atoms with E-state index in [0.29, 0.717) is 18.3 Å². The normalized spacial score (nSPS) is 23.0. The molecule has 0 aromatic heterocycles. The van der Waals surface area contributed by atoms with Crippen molar-refractivity contribution in [3.63, 3.8) is 0 Å². The molecule has 5 nitrogen and oxygen atoms in total. The molecule has 1 aromatic rings. The van der Waals surface area contributed by atoms with Crippen LogP contribution >= 0.6 is 0 Å². The third-order valence-electron chi connectivity index (χ3n) is 6.75. The Morgan fingerprint density at radius 2 is 1.89 bits per heavy atom. The van der Waals surface area contributed by atoms with Gasteiger partial charge in [-0.3, -0.25) is 4.79 Å². The van der Waals surface area contributed by atoms with Crippen LogP contribution in [-0.4, -0.2) is 42.5 Å². The molecule has 5 heteroatoms. The van der Waals surface area contributed by atoms with Gasteiger partial charge in [0.1, 0.15) is 0 Å². The van der Waals surface area contributed by atoms with Crippen molar-refractivity contribution < 1.29 is 9.59 Å². The smallest absolute Gasteiger partial charge is 0.317 e. The zero-order chi connectivity index (χ0) is 19.7.